The number of rotatable bonds is 9. The van der Waals surface area contributed by atoms with Crippen molar-refractivity contribution >= 4 is 21.9 Å². The molecule has 1 atom stereocenters. The van der Waals surface area contributed by atoms with Crippen molar-refractivity contribution in [3.63, 3.8) is 0 Å². The van der Waals surface area contributed by atoms with Crippen LogP contribution in [-0.2, 0) is 24.3 Å². The van der Waals surface area contributed by atoms with Crippen LogP contribution in [0.2, 0.25) is 0 Å². The van der Waals surface area contributed by atoms with Gasteiger partial charge in [-0.15, -0.1) is 0 Å². The summed E-state index contributed by atoms with van der Waals surface area (Å²) in [5, 5.41) is 2.73. The highest BCUT2D eigenvalue weighted by molar-refractivity contribution is 7.89. The summed E-state index contributed by atoms with van der Waals surface area (Å²) < 4.78 is 44.1. The Hall–Kier alpha value is -2.00. The smallest absolute Gasteiger partial charge is 0.306 e. The standard InChI is InChI=1S/C16H21FN2O5S/c1-11(16(21)19-13-6-7-13)24-15(20)3-2-10-18-25(22,23)14-8-4-12(17)5-9-14/h4-5,8-9,11,13,18H,2-3,6-7,10H2,1H3,(H,19,21)/t11-/m0/s1. The molecular formula is C16H21FN2O5S. The maximum Gasteiger partial charge on any atom is 0.306 e. The van der Waals surface area contributed by atoms with E-state index in [1.165, 1.54) is 6.92 Å². The number of nitrogens with one attached hydrogen (secondary N) is 2. The number of ether oxygens (including phenoxy) is 1. The number of sulfonamides is 1. The van der Waals surface area contributed by atoms with E-state index in [4.69, 9.17) is 4.74 Å². The van der Waals surface area contributed by atoms with Crippen molar-refractivity contribution < 1.29 is 27.1 Å². The summed E-state index contributed by atoms with van der Waals surface area (Å²) in [4.78, 5) is 23.3. The quantitative estimate of drug-likeness (QED) is 0.499. The van der Waals surface area contributed by atoms with Crippen molar-refractivity contribution in [2.45, 2.75) is 49.6 Å². The topological polar surface area (TPSA) is 102 Å². The van der Waals surface area contributed by atoms with Crippen molar-refractivity contribution in [2.75, 3.05) is 6.54 Å². The highest BCUT2D eigenvalue weighted by atomic mass is 32.2. The molecule has 0 bridgehead atoms. The lowest BCUT2D eigenvalue weighted by Gasteiger charge is -2.13. The van der Waals surface area contributed by atoms with E-state index in [9.17, 15) is 22.4 Å². The van der Waals surface area contributed by atoms with Gasteiger partial charge in [-0.25, -0.2) is 17.5 Å². The Morgan fingerprint density at radius 1 is 1.28 bits per heavy atom. The second-order valence-electron chi connectivity index (χ2n) is 5.87. The minimum Gasteiger partial charge on any atom is -0.453 e. The Bertz CT molecular complexity index is 717. The lowest BCUT2D eigenvalue weighted by molar-refractivity contribution is -0.154. The predicted molar refractivity (Wildman–Crippen MR) is 87.5 cm³/mol. The summed E-state index contributed by atoms with van der Waals surface area (Å²) in [5.41, 5.74) is 0. The molecule has 138 valence electrons. The molecule has 1 aromatic rings. The van der Waals surface area contributed by atoms with Crippen molar-refractivity contribution in [2.24, 2.45) is 0 Å². The molecule has 0 radical (unpaired) electrons. The normalized spacial score (nSPS) is 15.4. The van der Waals surface area contributed by atoms with E-state index in [0.29, 0.717) is 0 Å². The van der Waals surface area contributed by atoms with E-state index in [2.05, 4.69) is 10.0 Å². The van der Waals surface area contributed by atoms with Crippen LogP contribution in [0.1, 0.15) is 32.6 Å². The molecular weight excluding hydrogens is 351 g/mol. The predicted octanol–water partition coefficient (Wildman–Crippen LogP) is 1.09. The molecule has 9 heteroatoms. The molecule has 1 amide bonds. The lowest BCUT2D eigenvalue weighted by Crippen LogP contribution is -2.37. The van der Waals surface area contributed by atoms with Crippen molar-refractivity contribution in [1.29, 1.82) is 0 Å². The summed E-state index contributed by atoms with van der Waals surface area (Å²) in [7, 11) is -3.75. The van der Waals surface area contributed by atoms with Gasteiger partial charge in [-0.05, 0) is 50.5 Å². The van der Waals surface area contributed by atoms with E-state index in [1.807, 2.05) is 0 Å². The first-order valence-corrected chi connectivity index (χ1v) is 9.51. The lowest BCUT2D eigenvalue weighted by atomic mass is 10.3. The number of hydrogen-bond donors (Lipinski definition) is 2. The van der Waals surface area contributed by atoms with E-state index in [-0.39, 0.29) is 36.2 Å². The van der Waals surface area contributed by atoms with Gasteiger partial charge in [0.25, 0.3) is 5.91 Å². The zero-order chi connectivity index (χ0) is 18.4. The second-order valence-corrected chi connectivity index (χ2v) is 7.64. The Morgan fingerprint density at radius 3 is 2.52 bits per heavy atom. The van der Waals surface area contributed by atoms with Crippen LogP contribution in [0.4, 0.5) is 4.39 Å². The van der Waals surface area contributed by atoms with Crippen LogP contribution >= 0.6 is 0 Å². The van der Waals surface area contributed by atoms with Gasteiger partial charge in [0.15, 0.2) is 6.10 Å². The number of carbonyl (C=O) groups excluding carboxylic acids is 2. The van der Waals surface area contributed by atoms with Crippen LogP contribution in [0.5, 0.6) is 0 Å². The number of hydrogen-bond acceptors (Lipinski definition) is 5. The van der Waals surface area contributed by atoms with Gasteiger partial charge in [-0.2, -0.15) is 0 Å². The van der Waals surface area contributed by atoms with Crippen molar-refractivity contribution in [1.82, 2.24) is 10.0 Å². The van der Waals surface area contributed by atoms with Crippen LogP contribution in [0.3, 0.4) is 0 Å². The third-order valence-corrected chi connectivity index (χ3v) is 5.05. The Kier molecular flexibility index (Phi) is 6.49. The molecule has 25 heavy (non-hydrogen) atoms. The molecule has 0 aromatic heterocycles. The summed E-state index contributed by atoms with van der Waals surface area (Å²) in [5.74, 6) is -1.42. The van der Waals surface area contributed by atoms with Crippen LogP contribution in [0.25, 0.3) is 0 Å². The Labute approximate surface area is 146 Å². The van der Waals surface area contributed by atoms with E-state index in [0.717, 1.165) is 37.1 Å². The number of esters is 1. The van der Waals surface area contributed by atoms with Gasteiger partial charge in [0.2, 0.25) is 10.0 Å². The van der Waals surface area contributed by atoms with Gasteiger partial charge in [-0.1, -0.05) is 0 Å². The first kappa shape index (κ1) is 19.3. The van der Waals surface area contributed by atoms with E-state index in [1.54, 1.807) is 0 Å². The number of halogens is 1. The molecule has 1 aliphatic rings. The van der Waals surface area contributed by atoms with Crippen LogP contribution in [0.15, 0.2) is 29.2 Å². The Morgan fingerprint density at radius 2 is 1.92 bits per heavy atom. The fourth-order valence-corrected chi connectivity index (χ4v) is 3.07. The minimum atomic E-state index is -3.75. The van der Waals surface area contributed by atoms with Crippen LogP contribution < -0.4 is 10.0 Å². The molecule has 1 aliphatic carbocycles. The summed E-state index contributed by atoms with van der Waals surface area (Å²) >= 11 is 0. The monoisotopic (exact) mass is 372 g/mol. The molecule has 7 nitrogen and oxygen atoms in total. The third-order valence-electron chi connectivity index (χ3n) is 3.57. The largest absolute Gasteiger partial charge is 0.453 e. The molecule has 0 heterocycles. The number of amides is 1. The average Bonchev–Trinajstić information content (AvgIpc) is 3.36. The molecule has 0 saturated heterocycles. The van der Waals surface area contributed by atoms with Crippen LogP contribution in [-0.4, -0.2) is 39.0 Å². The van der Waals surface area contributed by atoms with Crippen molar-refractivity contribution in [3.8, 4) is 0 Å². The molecule has 2 N–H and O–H groups in total. The van der Waals surface area contributed by atoms with Crippen LogP contribution in [0, 0.1) is 5.82 Å². The fraction of sp³-hybridized carbons (Fsp3) is 0.500. The highest BCUT2D eigenvalue weighted by Crippen LogP contribution is 2.18. The first-order chi connectivity index (χ1) is 11.8. The van der Waals surface area contributed by atoms with Gasteiger partial charge in [0.1, 0.15) is 5.82 Å². The summed E-state index contributed by atoms with van der Waals surface area (Å²) in [6.07, 6.45) is 1.22. The molecule has 0 spiro atoms. The van der Waals surface area contributed by atoms with Gasteiger partial charge >= 0.3 is 5.97 Å². The molecule has 1 saturated carbocycles. The molecule has 0 aliphatic heterocycles. The first-order valence-electron chi connectivity index (χ1n) is 8.03. The van der Waals surface area contributed by atoms with Crippen molar-refractivity contribution in [3.05, 3.63) is 30.1 Å². The van der Waals surface area contributed by atoms with Gasteiger partial charge < -0.3 is 10.1 Å². The maximum absolute atomic E-state index is 12.8. The summed E-state index contributed by atoms with van der Waals surface area (Å²) in [6, 6.07) is 4.62. The van der Waals surface area contributed by atoms with E-state index < -0.39 is 27.9 Å². The number of benzene rings is 1. The SMILES string of the molecule is C[C@H](OC(=O)CCCNS(=O)(=O)c1ccc(F)cc1)C(=O)NC1CC1. The highest BCUT2D eigenvalue weighted by Gasteiger charge is 2.27. The van der Waals surface area contributed by atoms with Gasteiger partial charge in [-0.3, -0.25) is 9.59 Å². The van der Waals surface area contributed by atoms with E-state index >= 15 is 0 Å². The summed E-state index contributed by atoms with van der Waals surface area (Å²) in [6.45, 7) is 1.52. The van der Waals surface area contributed by atoms with Gasteiger partial charge in [0, 0.05) is 19.0 Å². The molecule has 0 unspecified atom stereocenters. The average molecular weight is 372 g/mol. The molecule has 2 rings (SSSR count). The second kappa shape index (κ2) is 8.39. The third kappa shape index (κ3) is 6.43. The van der Waals surface area contributed by atoms with Gasteiger partial charge in [0.05, 0.1) is 4.90 Å². The Balaban J connectivity index is 1.68. The maximum atomic E-state index is 12.8. The molecule has 1 fully saturated rings. The zero-order valence-electron chi connectivity index (χ0n) is 13.8. The zero-order valence-corrected chi connectivity index (χ0v) is 14.6. The number of carbonyl (C=O) groups is 2. The minimum absolute atomic E-state index is 0.0208. The fourth-order valence-electron chi connectivity index (χ4n) is 1.99. The molecule has 1 aromatic carbocycles.